The minimum atomic E-state index is -0.958. The summed E-state index contributed by atoms with van der Waals surface area (Å²) in [5.74, 6) is 0.555. The van der Waals surface area contributed by atoms with Crippen LogP contribution in [-0.4, -0.2) is 37.0 Å². The van der Waals surface area contributed by atoms with Gasteiger partial charge in [0.05, 0.1) is 18.9 Å². The molecule has 0 amide bonds. The lowest BCUT2D eigenvalue weighted by Crippen LogP contribution is -2.29. The van der Waals surface area contributed by atoms with Gasteiger partial charge in [-0.15, -0.1) is 0 Å². The van der Waals surface area contributed by atoms with E-state index in [-0.39, 0.29) is 0 Å². The zero-order valence-electron chi connectivity index (χ0n) is 9.47. The minimum Gasteiger partial charge on any atom is -0.495 e. The highest BCUT2D eigenvalue weighted by Crippen LogP contribution is 2.26. The predicted octanol–water partition coefficient (Wildman–Crippen LogP) is -0.109. The molecule has 1 rings (SSSR count). The molecular weight excluding hydrogens is 208 g/mol. The van der Waals surface area contributed by atoms with Crippen LogP contribution in [0.5, 0.6) is 5.75 Å². The average molecular weight is 226 g/mol. The van der Waals surface area contributed by atoms with Crippen molar-refractivity contribution < 1.29 is 14.9 Å². The zero-order valence-corrected chi connectivity index (χ0v) is 9.47. The van der Waals surface area contributed by atoms with Gasteiger partial charge in [-0.05, 0) is 24.7 Å². The average Bonchev–Trinajstić information content (AvgIpc) is 2.28. The fourth-order valence-electron chi connectivity index (χ4n) is 1.48. The maximum Gasteiger partial charge on any atom is 0.141 e. The molecule has 5 N–H and O–H groups in total. The first kappa shape index (κ1) is 12.8. The van der Waals surface area contributed by atoms with Gasteiger partial charge in [0.15, 0.2) is 0 Å². The van der Waals surface area contributed by atoms with Gasteiger partial charge in [0, 0.05) is 6.54 Å². The lowest BCUT2D eigenvalue weighted by atomic mass is 10.0. The van der Waals surface area contributed by atoms with Gasteiger partial charge < -0.3 is 26.0 Å². The Bertz CT molecular complexity index is 344. The summed E-state index contributed by atoms with van der Waals surface area (Å²) in [5.41, 5.74) is 6.72. The van der Waals surface area contributed by atoms with Crippen LogP contribution >= 0.6 is 0 Å². The fourth-order valence-corrected chi connectivity index (χ4v) is 1.48. The van der Waals surface area contributed by atoms with Crippen molar-refractivity contribution in [3.63, 3.8) is 0 Å². The summed E-state index contributed by atoms with van der Waals surface area (Å²) >= 11 is 0. The number of benzene rings is 1. The van der Waals surface area contributed by atoms with Gasteiger partial charge in [-0.2, -0.15) is 0 Å². The Morgan fingerprint density at radius 1 is 1.44 bits per heavy atom. The molecule has 2 atom stereocenters. The molecule has 0 aromatic heterocycles. The van der Waals surface area contributed by atoms with Crippen LogP contribution in [0.15, 0.2) is 18.2 Å². The summed E-state index contributed by atoms with van der Waals surface area (Å²) in [4.78, 5) is 0. The number of nitrogen functional groups attached to an aromatic ring is 1. The number of methoxy groups -OCH3 is 1. The summed E-state index contributed by atoms with van der Waals surface area (Å²) in [6.45, 7) is 0.313. The van der Waals surface area contributed by atoms with Crippen LogP contribution in [-0.2, 0) is 0 Å². The molecule has 0 bridgehead atoms. The van der Waals surface area contributed by atoms with Crippen molar-refractivity contribution in [2.75, 3.05) is 26.4 Å². The van der Waals surface area contributed by atoms with Crippen LogP contribution in [0.4, 0.5) is 5.69 Å². The van der Waals surface area contributed by atoms with E-state index in [1.807, 2.05) is 0 Å². The van der Waals surface area contributed by atoms with E-state index < -0.39 is 12.2 Å². The summed E-state index contributed by atoms with van der Waals surface area (Å²) in [7, 11) is 3.23. The van der Waals surface area contributed by atoms with Gasteiger partial charge in [-0.1, -0.05) is 6.07 Å². The molecule has 5 nitrogen and oxygen atoms in total. The van der Waals surface area contributed by atoms with Crippen LogP contribution in [0.1, 0.15) is 11.7 Å². The Labute approximate surface area is 94.8 Å². The third-order valence-corrected chi connectivity index (χ3v) is 2.37. The van der Waals surface area contributed by atoms with Crippen LogP contribution in [0.2, 0.25) is 0 Å². The number of anilines is 1. The number of ether oxygens (including phenoxy) is 1. The molecule has 2 unspecified atom stereocenters. The highest BCUT2D eigenvalue weighted by molar-refractivity contribution is 5.54. The normalized spacial score (nSPS) is 14.5. The highest BCUT2D eigenvalue weighted by Gasteiger charge is 2.18. The lowest BCUT2D eigenvalue weighted by molar-refractivity contribution is 0.0202. The van der Waals surface area contributed by atoms with Crippen molar-refractivity contribution in [1.82, 2.24) is 5.32 Å². The summed E-state index contributed by atoms with van der Waals surface area (Å²) in [5, 5.41) is 22.2. The first-order valence-electron chi connectivity index (χ1n) is 5.04. The number of rotatable bonds is 5. The van der Waals surface area contributed by atoms with Crippen molar-refractivity contribution in [2.24, 2.45) is 0 Å². The van der Waals surface area contributed by atoms with Gasteiger partial charge in [0.2, 0.25) is 0 Å². The molecule has 1 aromatic carbocycles. The van der Waals surface area contributed by atoms with E-state index in [1.165, 1.54) is 7.11 Å². The van der Waals surface area contributed by atoms with E-state index in [2.05, 4.69) is 5.32 Å². The van der Waals surface area contributed by atoms with Crippen molar-refractivity contribution in [3.8, 4) is 5.75 Å². The van der Waals surface area contributed by atoms with Crippen LogP contribution in [0.25, 0.3) is 0 Å². The molecule has 0 radical (unpaired) electrons. The van der Waals surface area contributed by atoms with E-state index in [9.17, 15) is 10.2 Å². The van der Waals surface area contributed by atoms with Gasteiger partial charge in [-0.3, -0.25) is 0 Å². The number of aliphatic hydroxyl groups excluding tert-OH is 2. The van der Waals surface area contributed by atoms with E-state index in [4.69, 9.17) is 10.5 Å². The molecule has 0 aliphatic rings. The fraction of sp³-hybridized carbons (Fsp3) is 0.455. The molecule has 0 spiro atoms. The second-order valence-electron chi connectivity index (χ2n) is 3.57. The first-order valence-corrected chi connectivity index (χ1v) is 5.04. The number of nitrogens with two attached hydrogens (primary N) is 1. The Morgan fingerprint density at radius 3 is 2.62 bits per heavy atom. The second kappa shape index (κ2) is 5.69. The summed E-state index contributed by atoms with van der Waals surface area (Å²) in [6.07, 6.45) is -1.82. The third kappa shape index (κ3) is 2.85. The molecule has 0 aliphatic heterocycles. The predicted molar refractivity (Wildman–Crippen MR) is 62.3 cm³/mol. The van der Waals surface area contributed by atoms with Gasteiger partial charge in [-0.25, -0.2) is 0 Å². The van der Waals surface area contributed by atoms with Crippen LogP contribution in [0, 0.1) is 0 Å². The lowest BCUT2D eigenvalue weighted by Gasteiger charge is -2.18. The quantitative estimate of drug-likeness (QED) is 0.526. The molecule has 90 valence electrons. The molecule has 1 aromatic rings. The highest BCUT2D eigenvalue weighted by atomic mass is 16.5. The third-order valence-electron chi connectivity index (χ3n) is 2.37. The number of aliphatic hydroxyl groups is 2. The SMILES string of the molecule is CNCC(O)C(O)c1ccc(OC)c(N)c1. The first-order chi connectivity index (χ1) is 7.60. The maximum absolute atomic E-state index is 9.82. The van der Waals surface area contributed by atoms with Gasteiger partial charge in [0.25, 0.3) is 0 Å². The minimum absolute atomic E-state index is 0.313. The maximum atomic E-state index is 9.82. The monoisotopic (exact) mass is 226 g/mol. The second-order valence-corrected chi connectivity index (χ2v) is 3.57. The van der Waals surface area contributed by atoms with E-state index in [0.717, 1.165) is 0 Å². The molecular formula is C11H18N2O3. The van der Waals surface area contributed by atoms with E-state index >= 15 is 0 Å². The molecule has 0 heterocycles. The van der Waals surface area contributed by atoms with E-state index in [0.29, 0.717) is 23.5 Å². The molecule has 16 heavy (non-hydrogen) atoms. The molecule has 0 saturated heterocycles. The standard InChI is InChI=1S/C11H18N2O3/c1-13-6-9(14)11(15)7-3-4-10(16-2)8(12)5-7/h3-5,9,11,13-15H,6,12H2,1-2H3. The Hall–Kier alpha value is -1.30. The largest absolute Gasteiger partial charge is 0.495 e. The van der Waals surface area contributed by atoms with Gasteiger partial charge in [0.1, 0.15) is 11.9 Å². The van der Waals surface area contributed by atoms with E-state index in [1.54, 1.807) is 25.2 Å². The Balaban J connectivity index is 2.84. The van der Waals surface area contributed by atoms with Crippen molar-refractivity contribution in [3.05, 3.63) is 23.8 Å². The van der Waals surface area contributed by atoms with Crippen molar-refractivity contribution in [1.29, 1.82) is 0 Å². The summed E-state index contributed by atoms with van der Waals surface area (Å²) in [6, 6.07) is 4.95. The van der Waals surface area contributed by atoms with Crippen molar-refractivity contribution >= 4 is 5.69 Å². The number of hydrogen-bond donors (Lipinski definition) is 4. The Kier molecular flexibility index (Phi) is 4.54. The zero-order chi connectivity index (χ0) is 12.1. The molecule has 5 heteroatoms. The topological polar surface area (TPSA) is 87.7 Å². The molecule has 0 saturated carbocycles. The smallest absolute Gasteiger partial charge is 0.141 e. The molecule has 0 aliphatic carbocycles. The molecule has 0 fully saturated rings. The number of likely N-dealkylation sites (N-methyl/N-ethyl adjacent to an activating group) is 1. The van der Waals surface area contributed by atoms with Crippen LogP contribution < -0.4 is 15.8 Å². The Morgan fingerprint density at radius 2 is 2.12 bits per heavy atom. The van der Waals surface area contributed by atoms with Crippen molar-refractivity contribution in [2.45, 2.75) is 12.2 Å². The number of hydrogen-bond acceptors (Lipinski definition) is 5. The summed E-state index contributed by atoms with van der Waals surface area (Å²) < 4.78 is 5.01. The van der Waals surface area contributed by atoms with Crippen LogP contribution in [0.3, 0.4) is 0 Å². The number of nitrogens with one attached hydrogen (secondary N) is 1. The van der Waals surface area contributed by atoms with Gasteiger partial charge >= 0.3 is 0 Å².